The molecule has 16 heteroatoms. The summed E-state index contributed by atoms with van der Waals surface area (Å²) in [6.07, 6.45) is 0. The molecule has 0 heterocycles. The first-order valence-electron chi connectivity index (χ1n) is 11.5. The van der Waals surface area contributed by atoms with Crippen LogP contribution in [0.2, 0.25) is 0 Å². The van der Waals surface area contributed by atoms with Crippen molar-refractivity contribution in [1.29, 1.82) is 0 Å². The van der Waals surface area contributed by atoms with Crippen molar-refractivity contribution in [3.05, 3.63) is 95.1 Å². The lowest BCUT2D eigenvalue weighted by Crippen LogP contribution is -1.95. The van der Waals surface area contributed by atoms with E-state index in [0.717, 1.165) is 42.5 Å². The Balaban J connectivity index is 0.000000293. The summed E-state index contributed by atoms with van der Waals surface area (Å²) < 4.78 is 0. The molecule has 0 atom stereocenters. The van der Waals surface area contributed by atoms with Crippen molar-refractivity contribution in [1.82, 2.24) is 0 Å². The number of para-hydroxylation sites is 1. The van der Waals surface area contributed by atoms with Crippen molar-refractivity contribution in [3.63, 3.8) is 0 Å². The van der Waals surface area contributed by atoms with Crippen LogP contribution in [-0.2, 0) is 0 Å². The highest BCUT2D eigenvalue weighted by molar-refractivity contribution is 5.92. The number of rotatable bonds is 4. The van der Waals surface area contributed by atoms with Gasteiger partial charge in [-0.2, -0.15) is 0 Å². The highest BCUT2D eigenvalue weighted by Crippen LogP contribution is 2.28. The minimum Gasteiger partial charge on any atom is -0.508 e. The molecule has 0 unspecified atom stereocenters. The second kappa shape index (κ2) is 15.8. The lowest BCUT2D eigenvalue weighted by Gasteiger charge is -1.99. The van der Waals surface area contributed by atoms with E-state index in [1.807, 2.05) is 0 Å². The zero-order chi connectivity index (χ0) is 33.7. The van der Waals surface area contributed by atoms with Crippen LogP contribution in [0.1, 0.15) is 41.4 Å². The number of hydrogen-bond donors (Lipinski definition) is 12. The van der Waals surface area contributed by atoms with Gasteiger partial charge in [-0.25, -0.2) is 19.2 Å². The third-order valence-electron chi connectivity index (χ3n) is 4.82. The number of aromatic hydroxyl groups is 8. The van der Waals surface area contributed by atoms with Gasteiger partial charge < -0.3 is 61.3 Å². The van der Waals surface area contributed by atoms with Crippen molar-refractivity contribution >= 4 is 23.9 Å². The molecule has 0 aromatic heterocycles. The Morgan fingerprint density at radius 3 is 1.32 bits per heavy atom. The molecule has 4 aromatic rings. The van der Waals surface area contributed by atoms with Crippen molar-refractivity contribution in [2.75, 3.05) is 0 Å². The molecule has 0 saturated heterocycles. The first-order valence-corrected chi connectivity index (χ1v) is 11.5. The number of benzene rings is 4. The second-order valence-corrected chi connectivity index (χ2v) is 8.03. The molecule has 0 saturated carbocycles. The summed E-state index contributed by atoms with van der Waals surface area (Å²) in [5.74, 6) is -7.61. The van der Waals surface area contributed by atoms with Crippen LogP contribution in [0.25, 0.3) is 0 Å². The van der Waals surface area contributed by atoms with Crippen LogP contribution in [-0.4, -0.2) is 85.2 Å². The van der Waals surface area contributed by atoms with Crippen molar-refractivity contribution < 1.29 is 80.5 Å². The molecule has 12 N–H and O–H groups in total. The molecule has 0 fully saturated rings. The normalized spacial score (nSPS) is 9.45. The molecule has 4 aromatic carbocycles. The van der Waals surface area contributed by atoms with E-state index < -0.39 is 41.1 Å². The quantitative estimate of drug-likeness (QED) is 0.116. The molecule has 0 bridgehead atoms. The highest BCUT2D eigenvalue weighted by atomic mass is 16.4. The molecule has 0 aliphatic carbocycles. The summed E-state index contributed by atoms with van der Waals surface area (Å²) in [5.41, 5.74) is -0.958. The van der Waals surface area contributed by atoms with Gasteiger partial charge in [-0.05, 0) is 54.6 Å². The van der Waals surface area contributed by atoms with E-state index in [0.29, 0.717) is 0 Å². The Morgan fingerprint density at radius 1 is 0.386 bits per heavy atom. The fourth-order valence-electron chi connectivity index (χ4n) is 2.82. The molecule has 44 heavy (non-hydrogen) atoms. The first kappa shape index (κ1) is 35.2. The van der Waals surface area contributed by atoms with E-state index in [4.69, 9.17) is 61.3 Å². The molecule has 0 aliphatic heterocycles. The number of aromatic carboxylic acids is 4. The Kier molecular flexibility index (Phi) is 12.6. The van der Waals surface area contributed by atoms with E-state index in [1.165, 1.54) is 30.3 Å². The van der Waals surface area contributed by atoms with Crippen LogP contribution in [0.4, 0.5) is 0 Å². The summed E-state index contributed by atoms with van der Waals surface area (Å²) in [4.78, 5) is 41.2. The molecule has 0 amide bonds. The standard InChI is InChI=1S/4C7H6O4/c8-5-1-4(7(10)11)2-6(9)3-5;8-4-1-2-6(9)5(3-4)7(10)11;8-4-1-2-5(7(10)11)6(9)3-4;8-5-3-1-2-4(6(5)9)7(10)11/h4*1-3,8-9H,(H,10,11). The lowest BCUT2D eigenvalue weighted by molar-refractivity contribution is 0.0682. The molecule has 232 valence electrons. The molecular weight excluding hydrogens is 592 g/mol. The average molecular weight is 616 g/mol. The summed E-state index contributed by atoms with van der Waals surface area (Å²) >= 11 is 0. The highest BCUT2D eigenvalue weighted by Gasteiger charge is 2.12. The van der Waals surface area contributed by atoms with E-state index in [-0.39, 0.29) is 51.0 Å². The minimum absolute atomic E-state index is 0.137. The zero-order valence-electron chi connectivity index (χ0n) is 21.9. The monoisotopic (exact) mass is 616 g/mol. The number of hydrogen-bond acceptors (Lipinski definition) is 12. The molecule has 4 rings (SSSR count). The van der Waals surface area contributed by atoms with Crippen molar-refractivity contribution in [3.8, 4) is 46.0 Å². The number of phenolic OH excluding ortho intramolecular Hbond substituents is 5. The van der Waals surface area contributed by atoms with E-state index in [9.17, 15) is 19.2 Å². The zero-order valence-corrected chi connectivity index (χ0v) is 21.9. The SMILES string of the molecule is O=C(O)c1cc(O)cc(O)c1.O=C(O)c1cc(O)ccc1O.O=C(O)c1ccc(O)cc1O.O=C(O)c1cccc(O)c1O. The van der Waals surface area contributed by atoms with Crippen LogP contribution >= 0.6 is 0 Å². The smallest absolute Gasteiger partial charge is 0.339 e. The fraction of sp³-hybridized carbons (Fsp3) is 0. The van der Waals surface area contributed by atoms with Crippen molar-refractivity contribution in [2.24, 2.45) is 0 Å². The maximum Gasteiger partial charge on any atom is 0.339 e. The Hall–Kier alpha value is -6.84. The molecule has 0 radical (unpaired) electrons. The van der Waals surface area contributed by atoms with Crippen LogP contribution < -0.4 is 0 Å². The Morgan fingerprint density at radius 2 is 0.886 bits per heavy atom. The van der Waals surface area contributed by atoms with Crippen molar-refractivity contribution in [2.45, 2.75) is 0 Å². The van der Waals surface area contributed by atoms with E-state index in [2.05, 4.69) is 0 Å². The Labute approximate surface area is 245 Å². The van der Waals surface area contributed by atoms with Gasteiger partial charge in [0.1, 0.15) is 51.2 Å². The maximum atomic E-state index is 10.3. The van der Waals surface area contributed by atoms with Gasteiger partial charge in [0.2, 0.25) is 0 Å². The number of carboxylic acids is 4. The third kappa shape index (κ3) is 11.0. The number of carbonyl (C=O) groups is 4. The summed E-state index contributed by atoms with van der Waals surface area (Å²) in [7, 11) is 0. The summed E-state index contributed by atoms with van der Waals surface area (Å²) in [6, 6.07) is 13.6. The van der Waals surface area contributed by atoms with Crippen LogP contribution in [0.15, 0.2) is 72.8 Å². The van der Waals surface area contributed by atoms with Gasteiger partial charge in [0, 0.05) is 12.1 Å². The molecule has 0 spiro atoms. The second-order valence-electron chi connectivity index (χ2n) is 8.03. The third-order valence-corrected chi connectivity index (χ3v) is 4.82. The van der Waals surface area contributed by atoms with Crippen LogP contribution in [0.3, 0.4) is 0 Å². The molecular formula is C28H24O16. The summed E-state index contributed by atoms with van der Waals surface area (Å²) in [6.45, 7) is 0. The predicted molar refractivity (Wildman–Crippen MR) is 147 cm³/mol. The van der Waals surface area contributed by atoms with Gasteiger partial charge in [0.15, 0.2) is 11.5 Å². The average Bonchev–Trinajstić information content (AvgIpc) is 2.91. The van der Waals surface area contributed by atoms with Gasteiger partial charge in [-0.3, -0.25) is 0 Å². The fourth-order valence-corrected chi connectivity index (χ4v) is 2.82. The first-order chi connectivity index (χ1) is 20.4. The van der Waals surface area contributed by atoms with Gasteiger partial charge >= 0.3 is 23.9 Å². The largest absolute Gasteiger partial charge is 0.508 e. The maximum absolute atomic E-state index is 10.3. The predicted octanol–water partition coefficient (Wildman–Crippen LogP) is 3.18. The van der Waals surface area contributed by atoms with E-state index >= 15 is 0 Å². The number of carboxylic acid groups (broad SMARTS) is 4. The molecule has 16 nitrogen and oxygen atoms in total. The van der Waals surface area contributed by atoms with Gasteiger partial charge in [0.05, 0.1) is 5.56 Å². The van der Waals surface area contributed by atoms with Gasteiger partial charge in [-0.1, -0.05) is 6.07 Å². The van der Waals surface area contributed by atoms with Gasteiger partial charge in [0.25, 0.3) is 0 Å². The lowest BCUT2D eigenvalue weighted by atomic mass is 10.2. The topological polar surface area (TPSA) is 311 Å². The van der Waals surface area contributed by atoms with E-state index in [1.54, 1.807) is 0 Å². The molecule has 0 aliphatic rings. The number of phenols is 8. The van der Waals surface area contributed by atoms with Gasteiger partial charge in [-0.15, -0.1) is 0 Å². The Bertz CT molecular complexity index is 1630. The van der Waals surface area contributed by atoms with Crippen LogP contribution in [0.5, 0.6) is 46.0 Å². The minimum atomic E-state index is -1.27. The summed E-state index contributed by atoms with van der Waals surface area (Å²) in [5, 5.41) is 104. The van der Waals surface area contributed by atoms with Crippen LogP contribution in [0, 0.1) is 0 Å².